The molecule has 0 aromatic heterocycles. The Morgan fingerprint density at radius 3 is 2.08 bits per heavy atom. The molecule has 2 heteroatoms. The van der Waals surface area contributed by atoms with E-state index in [1.807, 2.05) is 0 Å². The zero-order valence-corrected chi connectivity index (χ0v) is 11.7. The van der Waals surface area contributed by atoms with Gasteiger partial charge in [0.25, 0.3) is 0 Å². The first-order valence-electron chi connectivity index (χ1n) is 5.41. The van der Waals surface area contributed by atoms with E-state index in [4.69, 9.17) is 0 Å². The normalized spacial score (nSPS) is 19.6. The second kappa shape index (κ2) is 5.75. The molecule has 0 saturated heterocycles. The molecule has 1 rings (SSSR count). The van der Waals surface area contributed by atoms with Crippen molar-refractivity contribution in [3.05, 3.63) is 0 Å². The first kappa shape index (κ1) is 12.0. The average molecular weight is 312 g/mol. The van der Waals surface area contributed by atoms with Crippen molar-refractivity contribution < 1.29 is 0 Å². The van der Waals surface area contributed by atoms with Crippen LogP contribution in [0.2, 0.25) is 0 Å². The standard InChI is InChI=1S/C11H20Br2/c1-2-7-11(8-12,9-13)10-5-3-4-6-10/h10H,2-9H2,1H3. The Labute approximate surface area is 99.1 Å². The van der Waals surface area contributed by atoms with Gasteiger partial charge in [0.05, 0.1) is 0 Å². The minimum Gasteiger partial charge on any atom is -0.0922 e. The Balaban J connectivity index is 2.62. The monoisotopic (exact) mass is 310 g/mol. The molecule has 0 radical (unpaired) electrons. The molecule has 0 aromatic rings. The lowest BCUT2D eigenvalue weighted by molar-refractivity contribution is 0.214. The third-order valence-electron chi connectivity index (χ3n) is 3.50. The number of hydrogen-bond donors (Lipinski definition) is 0. The minimum absolute atomic E-state index is 0.547. The molecule has 0 aliphatic heterocycles. The average Bonchev–Trinajstić information content (AvgIpc) is 2.68. The van der Waals surface area contributed by atoms with Crippen molar-refractivity contribution in [2.45, 2.75) is 45.4 Å². The first-order chi connectivity index (χ1) is 6.29. The van der Waals surface area contributed by atoms with Crippen LogP contribution in [0.25, 0.3) is 0 Å². The molecule has 78 valence electrons. The van der Waals surface area contributed by atoms with Gasteiger partial charge in [-0.15, -0.1) is 0 Å². The van der Waals surface area contributed by atoms with Gasteiger partial charge in [-0.1, -0.05) is 58.0 Å². The molecule has 1 aliphatic rings. The highest BCUT2D eigenvalue weighted by atomic mass is 79.9. The molecule has 0 amide bonds. The van der Waals surface area contributed by atoms with Crippen molar-refractivity contribution >= 4 is 31.9 Å². The van der Waals surface area contributed by atoms with Gasteiger partial charge in [0.1, 0.15) is 0 Å². The van der Waals surface area contributed by atoms with Crippen LogP contribution in [0.5, 0.6) is 0 Å². The van der Waals surface area contributed by atoms with Gasteiger partial charge >= 0.3 is 0 Å². The highest BCUT2D eigenvalue weighted by Crippen LogP contribution is 2.45. The van der Waals surface area contributed by atoms with Crippen molar-refractivity contribution in [3.8, 4) is 0 Å². The number of alkyl halides is 2. The maximum atomic E-state index is 3.71. The second-order valence-electron chi connectivity index (χ2n) is 4.36. The number of rotatable bonds is 5. The van der Waals surface area contributed by atoms with Crippen LogP contribution in [0.1, 0.15) is 45.4 Å². The Morgan fingerprint density at radius 2 is 1.69 bits per heavy atom. The SMILES string of the molecule is CCCC(CBr)(CBr)C1CCCC1. The lowest BCUT2D eigenvalue weighted by Crippen LogP contribution is -2.32. The lowest BCUT2D eigenvalue weighted by Gasteiger charge is -2.36. The molecule has 13 heavy (non-hydrogen) atoms. The fraction of sp³-hybridized carbons (Fsp3) is 1.00. The van der Waals surface area contributed by atoms with Gasteiger partial charge in [-0.2, -0.15) is 0 Å². The minimum atomic E-state index is 0.547. The summed E-state index contributed by atoms with van der Waals surface area (Å²) in [4.78, 5) is 0. The summed E-state index contributed by atoms with van der Waals surface area (Å²) in [6.07, 6.45) is 8.50. The molecule has 1 fully saturated rings. The van der Waals surface area contributed by atoms with Gasteiger partial charge in [0, 0.05) is 10.7 Å². The van der Waals surface area contributed by atoms with Crippen LogP contribution in [0, 0.1) is 11.3 Å². The second-order valence-corrected chi connectivity index (χ2v) is 5.48. The summed E-state index contributed by atoms with van der Waals surface area (Å²) < 4.78 is 0. The molecule has 0 bridgehead atoms. The van der Waals surface area contributed by atoms with Gasteiger partial charge in [-0.05, 0) is 30.6 Å². The van der Waals surface area contributed by atoms with Crippen LogP contribution in [0.3, 0.4) is 0 Å². The van der Waals surface area contributed by atoms with E-state index in [1.54, 1.807) is 0 Å². The molecule has 0 N–H and O–H groups in total. The predicted molar refractivity (Wildman–Crippen MR) is 66.9 cm³/mol. The summed E-state index contributed by atoms with van der Waals surface area (Å²) in [5.74, 6) is 0.964. The highest BCUT2D eigenvalue weighted by Gasteiger charge is 2.37. The molecule has 0 nitrogen and oxygen atoms in total. The van der Waals surface area contributed by atoms with Crippen LogP contribution in [-0.4, -0.2) is 10.7 Å². The summed E-state index contributed by atoms with van der Waals surface area (Å²) in [5.41, 5.74) is 0.547. The van der Waals surface area contributed by atoms with Crippen LogP contribution in [0.15, 0.2) is 0 Å². The van der Waals surface area contributed by atoms with E-state index in [0.717, 1.165) is 5.92 Å². The predicted octanol–water partition coefficient (Wildman–Crippen LogP) is 4.75. The third-order valence-corrected chi connectivity index (χ3v) is 5.73. The van der Waals surface area contributed by atoms with Gasteiger partial charge in [0.15, 0.2) is 0 Å². The fourth-order valence-corrected chi connectivity index (χ4v) is 5.03. The number of halogens is 2. The molecular weight excluding hydrogens is 292 g/mol. The molecular formula is C11H20Br2. The summed E-state index contributed by atoms with van der Waals surface area (Å²) in [7, 11) is 0. The molecule has 1 saturated carbocycles. The number of hydrogen-bond acceptors (Lipinski definition) is 0. The third kappa shape index (κ3) is 2.71. The molecule has 0 unspecified atom stereocenters. The maximum absolute atomic E-state index is 3.71. The maximum Gasteiger partial charge on any atom is 0.00986 e. The molecule has 1 aliphatic carbocycles. The summed E-state index contributed by atoms with van der Waals surface area (Å²) in [6.45, 7) is 2.30. The van der Waals surface area contributed by atoms with E-state index in [-0.39, 0.29) is 0 Å². The highest BCUT2D eigenvalue weighted by molar-refractivity contribution is 9.09. The summed E-state index contributed by atoms with van der Waals surface area (Å²) >= 11 is 7.43. The zero-order valence-electron chi connectivity index (χ0n) is 8.49. The van der Waals surface area contributed by atoms with Crippen LogP contribution in [-0.2, 0) is 0 Å². The lowest BCUT2D eigenvalue weighted by atomic mass is 9.74. The molecule has 0 spiro atoms. The van der Waals surface area contributed by atoms with Crippen molar-refractivity contribution in [1.82, 2.24) is 0 Å². The molecule has 0 aromatic carbocycles. The Hall–Kier alpha value is 0.960. The summed E-state index contributed by atoms with van der Waals surface area (Å²) in [6, 6.07) is 0. The molecule has 0 atom stereocenters. The Morgan fingerprint density at radius 1 is 1.15 bits per heavy atom. The van der Waals surface area contributed by atoms with E-state index < -0.39 is 0 Å². The van der Waals surface area contributed by atoms with Crippen LogP contribution >= 0.6 is 31.9 Å². The van der Waals surface area contributed by atoms with Crippen molar-refractivity contribution in [3.63, 3.8) is 0 Å². The Kier molecular flexibility index (Phi) is 5.32. The molecule has 0 heterocycles. The zero-order chi connectivity index (χ0) is 9.73. The van der Waals surface area contributed by atoms with Crippen molar-refractivity contribution in [2.24, 2.45) is 11.3 Å². The fourth-order valence-electron chi connectivity index (χ4n) is 2.63. The van der Waals surface area contributed by atoms with E-state index in [9.17, 15) is 0 Å². The summed E-state index contributed by atoms with van der Waals surface area (Å²) in [5, 5.41) is 2.34. The Bertz CT molecular complexity index is 135. The van der Waals surface area contributed by atoms with E-state index >= 15 is 0 Å². The van der Waals surface area contributed by atoms with Crippen molar-refractivity contribution in [1.29, 1.82) is 0 Å². The van der Waals surface area contributed by atoms with Gasteiger partial charge in [0.2, 0.25) is 0 Å². The largest absolute Gasteiger partial charge is 0.0922 e. The smallest absolute Gasteiger partial charge is 0.00986 e. The van der Waals surface area contributed by atoms with Crippen molar-refractivity contribution in [2.75, 3.05) is 10.7 Å². The first-order valence-corrected chi connectivity index (χ1v) is 7.65. The van der Waals surface area contributed by atoms with Gasteiger partial charge in [-0.3, -0.25) is 0 Å². The van der Waals surface area contributed by atoms with Gasteiger partial charge < -0.3 is 0 Å². The quantitative estimate of drug-likeness (QED) is 0.643. The van der Waals surface area contributed by atoms with E-state index in [1.165, 1.54) is 49.2 Å². The topological polar surface area (TPSA) is 0 Å². The van der Waals surface area contributed by atoms with Gasteiger partial charge in [-0.25, -0.2) is 0 Å². The van der Waals surface area contributed by atoms with E-state index in [2.05, 4.69) is 38.8 Å². The van der Waals surface area contributed by atoms with Crippen LogP contribution in [0.4, 0.5) is 0 Å². The van der Waals surface area contributed by atoms with Crippen LogP contribution < -0.4 is 0 Å². The van der Waals surface area contributed by atoms with E-state index in [0.29, 0.717) is 5.41 Å².